The molecule has 1 unspecified atom stereocenters. The highest BCUT2D eigenvalue weighted by Crippen LogP contribution is 2.30. The Hall–Kier alpha value is -3.79. The van der Waals surface area contributed by atoms with Gasteiger partial charge in [0.15, 0.2) is 5.65 Å². The molecule has 0 spiro atoms. The minimum absolute atomic E-state index is 0. The number of nitrogens with two attached hydrogens (primary N) is 1. The van der Waals surface area contributed by atoms with Crippen LogP contribution in [0.3, 0.4) is 0 Å². The van der Waals surface area contributed by atoms with Crippen molar-refractivity contribution in [2.45, 2.75) is 70.5 Å². The van der Waals surface area contributed by atoms with Crippen LogP contribution in [0, 0.1) is 6.92 Å². The number of benzene rings is 2. The van der Waals surface area contributed by atoms with E-state index in [0.29, 0.717) is 25.3 Å². The van der Waals surface area contributed by atoms with E-state index in [1.165, 1.54) is 22.3 Å². The van der Waals surface area contributed by atoms with Crippen molar-refractivity contribution in [3.63, 3.8) is 0 Å². The van der Waals surface area contributed by atoms with Crippen molar-refractivity contribution in [3.8, 4) is 11.1 Å². The van der Waals surface area contributed by atoms with Gasteiger partial charge in [0.05, 0.1) is 0 Å². The molecule has 0 saturated carbocycles. The molecule has 2 aromatic carbocycles. The van der Waals surface area contributed by atoms with Gasteiger partial charge in [0.25, 0.3) is 0 Å². The number of hydrogen-bond donors (Lipinski definition) is 3. The molecule has 1 atom stereocenters. The lowest BCUT2D eigenvalue weighted by molar-refractivity contribution is -0.133. The minimum atomic E-state index is -0.350. The molecular weight excluding hydrogens is 574 g/mol. The summed E-state index contributed by atoms with van der Waals surface area (Å²) in [6, 6.07) is 16.7. The number of carbonyl (C=O) groups is 2. The van der Waals surface area contributed by atoms with E-state index >= 15 is 0 Å². The van der Waals surface area contributed by atoms with Gasteiger partial charge >= 0.3 is 0 Å². The first-order valence-corrected chi connectivity index (χ1v) is 15.5. The number of rotatable bonds is 10. The van der Waals surface area contributed by atoms with Crippen LogP contribution in [-0.4, -0.2) is 57.2 Å². The predicted molar refractivity (Wildman–Crippen MR) is 177 cm³/mol. The third-order valence-corrected chi connectivity index (χ3v) is 9.01. The zero-order valence-electron chi connectivity index (χ0n) is 25.3. The van der Waals surface area contributed by atoms with Gasteiger partial charge in [0, 0.05) is 43.0 Å². The number of aromatic nitrogens is 3. The summed E-state index contributed by atoms with van der Waals surface area (Å²) in [5.74, 6) is 0.135. The van der Waals surface area contributed by atoms with Crippen LogP contribution in [-0.2, 0) is 22.7 Å². The Kier molecular flexibility index (Phi) is 10.3. The maximum Gasteiger partial charge on any atom is 0.249 e. The van der Waals surface area contributed by atoms with Crippen molar-refractivity contribution in [2.24, 2.45) is 5.73 Å². The predicted octanol–water partition coefficient (Wildman–Crippen LogP) is 5.16. The molecule has 2 aliphatic heterocycles. The number of piperidine rings is 2. The summed E-state index contributed by atoms with van der Waals surface area (Å²) in [4.78, 5) is 30.5. The van der Waals surface area contributed by atoms with Gasteiger partial charge in [-0.15, -0.1) is 12.4 Å². The maximum atomic E-state index is 12.0. The third-order valence-electron chi connectivity index (χ3n) is 9.01. The molecule has 4 N–H and O–H groups in total. The number of nitrogens with one attached hydrogen (secondary N) is 2. The Morgan fingerprint density at radius 3 is 2.50 bits per heavy atom. The van der Waals surface area contributed by atoms with Crippen molar-refractivity contribution in [2.75, 3.05) is 25.0 Å². The monoisotopic (exact) mass is 615 g/mol. The van der Waals surface area contributed by atoms with Crippen LogP contribution >= 0.6 is 12.4 Å². The van der Waals surface area contributed by atoms with Crippen LogP contribution < -0.4 is 16.4 Å². The van der Waals surface area contributed by atoms with Gasteiger partial charge in [-0.2, -0.15) is 5.10 Å². The number of hydrogen-bond acceptors (Lipinski definition) is 7. The van der Waals surface area contributed by atoms with Crippen LogP contribution in [0.4, 0.5) is 5.69 Å². The van der Waals surface area contributed by atoms with Crippen molar-refractivity contribution in [3.05, 3.63) is 77.6 Å². The molecule has 2 aromatic heterocycles. The van der Waals surface area contributed by atoms with Gasteiger partial charge < -0.3 is 16.0 Å². The molecule has 232 valence electrons. The summed E-state index contributed by atoms with van der Waals surface area (Å²) >= 11 is 0. The topological polar surface area (TPSA) is 118 Å². The number of unbranched alkanes of at least 4 members (excludes halogenated alkanes) is 1. The number of pyridine rings is 1. The molecule has 0 radical (unpaired) electrons. The smallest absolute Gasteiger partial charge is 0.249 e. The normalized spacial score (nSPS) is 17.8. The summed E-state index contributed by atoms with van der Waals surface area (Å²) in [7, 11) is 0. The van der Waals surface area contributed by atoms with Crippen LogP contribution in [0.2, 0.25) is 0 Å². The summed E-state index contributed by atoms with van der Waals surface area (Å²) in [5.41, 5.74) is 13.6. The third kappa shape index (κ3) is 7.29. The Balaban J connectivity index is 0.00000384. The molecule has 44 heavy (non-hydrogen) atoms. The number of carbonyl (C=O) groups excluding carboxylic acids is 2. The van der Waals surface area contributed by atoms with E-state index in [9.17, 15) is 9.59 Å². The Morgan fingerprint density at radius 1 is 1.00 bits per heavy atom. The van der Waals surface area contributed by atoms with Crippen LogP contribution in [0.5, 0.6) is 0 Å². The molecule has 2 fully saturated rings. The van der Waals surface area contributed by atoms with E-state index < -0.39 is 0 Å². The fraction of sp³-hybridized carbons (Fsp3) is 0.412. The number of fused-ring (bicyclic) bond motifs is 1. The van der Waals surface area contributed by atoms with E-state index in [0.717, 1.165) is 74.1 Å². The number of aryl methyl sites for hydroxylation is 2. The molecule has 4 aromatic rings. The van der Waals surface area contributed by atoms with Gasteiger partial charge in [-0.1, -0.05) is 30.3 Å². The quantitative estimate of drug-likeness (QED) is 0.166. The molecule has 2 saturated heterocycles. The lowest BCUT2D eigenvalue weighted by Gasteiger charge is -2.32. The molecule has 2 aliphatic rings. The second-order valence-electron chi connectivity index (χ2n) is 11.9. The zero-order chi connectivity index (χ0) is 29.8. The minimum Gasteiger partial charge on any atom is -0.374 e. The van der Waals surface area contributed by atoms with Gasteiger partial charge in [-0.05, 0) is 111 Å². The first-order chi connectivity index (χ1) is 21.0. The van der Waals surface area contributed by atoms with Crippen molar-refractivity contribution >= 4 is 40.9 Å². The standard InChI is InChI=1S/C34H41N7O2.ClH/c1-23-20-26(4-5-27(23)21-35)29-12-15-36-33-30(29)22-41(39-33)17-3-2-16-40-18-13-25(14-19-40)24-6-8-28(9-7-24)37-31-10-11-32(42)38-34(31)43;/h4-9,12,15,20,22,25,31,37H,2-3,10-11,13-14,16-19,21,35H2,1H3,(H,38,42,43);1H. The summed E-state index contributed by atoms with van der Waals surface area (Å²) < 4.78 is 2.05. The molecule has 0 bridgehead atoms. The lowest BCUT2D eigenvalue weighted by atomic mass is 9.89. The van der Waals surface area contributed by atoms with E-state index in [1.807, 2.05) is 10.9 Å². The number of likely N-dealkylation sites (tertiary alicyclic amines) is 1. The van der Waals surface area contributed by atoms with Crippen molar-refractivity contribution in [1.82, 2.24) is 25.0 Å². The van der Waals surface area contributed by atoms with Gasteiger partial charge in [-0.25, -0.2) is 4.98 Å². The van der Waals surface area contributed by atoms with Gasteiger partial charge in [0.1, 0.15) is 6.04 Å². The Bertz CT molecular complexity index is 1600. The highest BCUT2D eigenvalue weighted by atomic mass is 35.5. The number of imide groups is 1. The fourth-order valence-corrected chi connectivity index (χ4v) is 6.41. The van der Waals surface area contributed by atoms with Gasteiger partial charge in [0.2, 0.25) is 11.8 Å². The first-order valence-electron chi connectivity index (χ1n) is 15.5. The average molecular weight is 616 g/mol. The van der Waals surface area contributed by atoms with Gasteiger partial charge in [-0.3, -0.25) is 19.6 Å². The first kappa shape index (κ1) is 31.6. The molecule has 2 amide bonds. The number of nitrogens with zero attached hydrogens (tertiary/aromatic N) is 4. The Morgan fingerprint density at radius 2 is 1.77 bits per heavy atom. The highest BCUT2D eigenvalue weighted by Gasteiger charge is 2.26. The second-order valence-corrected chi connectivity index (χ2v) is 11.9. The van der Waals surface area contributed by atoms with E-state index in [2.05, 4.69) is 82.2 Å². The van der Waals surface area contributed by atoms with E-state index in [4.69, 9.17) is 10.8 Å². The van der Waals surface area contributed by atoms with Crippen LogP contribution in [0.25, 0.3) is 22.2 Å². The number of halogens is 1. The van der Waals surface area contributed by atoms with Crippen LogP contribution in [0.1, 0.15) is 61.1 Å². The molecule has 0 aliphatic carbocycles. The summed E-state index contributed by atoms with van der Waals surface area (Å²) in [5, 5.41) is 11.5. The van der Waals surface area contributed by atoms with Crippen molar-refractivity contribution in [1.29, 1.82) is 0 Å². The fourth-order valence-electron chi connectivity index (χ4n) is 6.41. The largest absolute Gasteiger partial charge is 0.374 e. The van der Waals surface area contributed by atoms with Crippen LogP contribution in [0.15, 0.2) is 60.9 Å². The van der Waals surface area contributed by atoms with E-state index in [-0.39, 0.29) is 30.3 Å². The highest BCUT2D eigenvalue weighted by molar-refractivity contribution is 6.01. The van der Waals surface area contributed by atoms with Crippen molar-refractivity contribution < 1.29 is 9.59 Å². The molecule has 9 nitrogen and oxygen atoms in total. The second kappa shape index (κ2) is 14.3. The lowest BCUT2D eigenvalue weighted by Crippen LogP contribution is -2.47. The average Bonchev–Trinajstić information content (AvgIpc) is 3.45. The Labute approximate surface area is 265 Å². The summed E-state index contributed by atoms with van der Waals surface area (Å²) in [6.45, 7) is 6.88. The molecule has 4 heterocycles. The number of anilines is 1. The maximum absolute atomic E-state index is 12.0. The molecule has 10 heteroatoms. The van der Waals surface area contributed by atoms with E-state index in [1.54, 1.807) is 0 Å². The zero-order valence-corrected chi connectivity index (χ0v) is 26.1. The SMILES string of the molecule is Cc1cc(-c2ccnc3nn(CCCCN4CCC(c5ccc(NC6CCC(=O)NC6=O)cc5)CC4)cc23)ccc1CN.Cl. The number of amides is 2. The molecular formula is C34H42ClN7O2. The molecule has 6 rings (SSSR count). The summed E-state index contributed by atoms with van der Waals surface area (Å²) in [6.07, 6.45) is 9.43.